The Morgan fingerprint density at radius 2 is 1.97 bits per heavy atom. The van der Waals surface area contributed by atoms with Crippen LogP contribution in [-0.4, -0.2) is 34.3 Å². The van der Waals surface area contributed by atoms with E-state index in [-0.39, 0.29) is 34.3 Å². The van der Waals surface area contributed by atoms with Crippen molar-refractivity contribution < 1.29 is 13.2 Å². The summed E-state index contributed by atoms with van der Waals surface area (Å²) < 4.78 is 27.0. The second-order valence-electron chi connectivity index (χ2n) is 8.01. The van der Waals surface area contributed by atoms with Crippen LogP contribution in [-0.2, 0) is 14.8 Å². The molecule has 1 aliphatic carbocycles. The zero-order chi connectivity index (χ0) is 22.2. The summed E-state index contributed by atoms with van der Waals surface area (Å²) in [6.45, 7) is 3.95. The van der Waals surface area contributed by atoms with Crippen LogP contribution in [0, 0.1) is 18.8 Å². The van der Waals surface area contributed by atoms with Gasteiger partial charge in [0.15, 0.2) is 11.5 Å². The maximum atomic E-state index is 13.0. The van der Waals surface area contributed by atoms with E-state index in [1.165, 1.54) is 12.4 Å². The van der Waals surface area contributed by atoms with Crippen molar-refractivity contribution in [1.29, 1.82) is 0 Å². The number of nitrogens with zero attached hydrogens (tertiary/aromatic N) is 3. The summed E-state index contributed by atoms with van der Waals surface area (Å²) in [5.74, 6) is 0.333. The number of carbonyl (C=O) groups is 1. The van der Waals surface area contributed by atoms with Gasteiger partial charge in [0, 0.05) is 18.2 Å². The van der Waals surface area contributed by atoms with Gasteiger partial charge in [-0.05, 0) is 43.9 Å². The molecule has 1 fully saturated rings. The van der Waals surface area contributed by atoms with Gasteiger partial charge in [-0.3, -0.25) is 15.6 Å². The summed E-state index contributed by atoms with van der Waals surface area (Å²) in [7, 11) is -3.79. The predicted molar refractivity (Wildman–Crippen MR) is 118 cm³/mol. The molecular formula is C21H26N6O3S. The monoisotopic (exact) mass is 442 g/mol. The van der Waals surface area contributed by atoms with Crippen molar-refractivity contribution in [2.24, 2.45) is 17.6 Å². The van der Waals surface area contributed by atoms with Gasteiger partial charge in [-0.2, -0.15) is 0 Å². The van der Waals surface area contributed by atoms with Gasteiger partial charge >= 0.3 is 0 Å². The van der Waals surface area contributed by atoms with Crippen molar-refractivity contribution in [3.05, 3.63) is 48.3 Å². The van der Waals surface area contributed by atoms with Gasteiger partial charge in [0.2, 0.25) is 5.91 Å². The van der Waals surface area contributed by atoms with Gasteiger partial charge in [-0.1, -0.05) is 31.0 Å². The first-order valence-corrected chi connectivity index (χ1v) is 11.7. The van der Waals surface area contributed by atoms with Crippen LogP contribution < -0.4 is 16.6 Å². The van der Waals surface area contributed by atoms with Crippen molar-refractivity contribution in [3.63, 3.8) is 0 Å². The second-order valence-corrected chi connectivity index (χ2v) is 9.83. The first kappa shape index (κ1) is 21.3. The highest BCUT2D eigenvalue weighted by Gasteiger charge is 2.36. The van der Waals surface area contributed by atoms with Gasteiger partial charge in [0.25, 0.3) is 10.0 Å². The molecule has 4 rings (SSSR count). The number of benzene rings is 1. The zero-order valence-corrected chi connectivity index (χ0v) is 18.3. The second kappa shape index (κ2) is 8.27. The van der Waals surface area contributed by atoms with Crippen LogP contribution >= 0.6 is 0 Å². The van der Waals surface area contributed by atoms with Gasteiger partial charge in [-0.15, -0.1) is 0 Å². The number of carbonyl (C=O) groups excluding carboxylic acids is 1. The molecule has 0 bridgehead atoms. The highest BCUT2D eigenvalue weighted by atomic mass is 32.2. The maximum Gasteiger partial charge on any atom is 0.269 e. The van der Waals surface area contributed by atoms with E-state index in [0.29, 0.717) is 17.8 Å². The lowest BCUT2D eigenvalue weighted by atomic mass is 9.93. The number of hydrogen-bond donors (Lipinski definition) is 3. The number of aromatic nitrogens is 3. The van der Waals surface area contributed by atoms with E-state index < -0.39 is 10.0 Å². The summed E-state index contributed by atoms with van der Waals surface area (Å²) in [6, 6.07) is 8.24. The summed E-state index contributed by atoms with van der Waals surface area (Å²) in [5.41, 5.74) is 13.1. The van der Waals surface area contributed by atoms with Crippen molar-refractivity contribution in [2.45, 2.75) is 44.0 Å². The zero-order valence-electron chi connectivity index (χ0n) is 17.4. The number of anilines is 1. The molecule has 1 aliphatic rings. The van der Waals surface area contributed by atoms with Crippen LogP contribution in [0.1, 0.15) is 31.7 Å². The number of aryl methyl sites for hydroxylation is 1. The molecular weight excluding hydrogens is 416 g/mol. The quantitative estimate of drug-likeness (QED) is 0.499. The molecule has 1 saturated carbocycles. The molecule has 3 atom stereocenters. The molecule has 164 valence electrons. The Labute approximate surface area is 181 Å². The number of fused-ring (bicyclic) bond motifs is 1. The summed E-state index contributed by atoms with van der Waals surface area (Å²) in [4.78, 5) is 21.4. The van der Waals surface area contributed by atoms with Crippen LogP contribution in [0.5, 0.6) is 0 Å². The summed E-state index contributed by atoms with van der Waals surface area (Å²) >= 11 is 0. The molecule has 0 aliphatic heterocycles. The lowest BCUT2D eigenvalue weighted by Crippen LogP contribution is -2.37. The lowest BCUT2D eigenvalue weighted by Gasteiger charge is -2.17. The van der Waals surface area contributed by atoms with Crippen molar-refractivity contribution in [1.82, 2.24) is 19.4 Å². The number of rotatable bonds is 6. The molecule has 31 heavy (non-hydrogen) atoms. The lowest BCUT2D eigenvalue weighted by molar-refractivity contribution is -0.125. The minimum Gasteiger partial charge on any atom is -0.328 e. The van der Waals surface area contributed by atoms with Crippen molar-refractivity contribution in [3.8, 4) is 0 Å². The van der Waals surface area contributed by atoms with Gasteiger partial charge in [0.1, 0.15) is 5.52 Å². The molecule has 3 aromatic rings. The third kappa shape index (κ3) is 4.13. The van der Waals surface area contributed by atoms with Gasteiger partial charge < -0.3 is 5.73 Å². The van der Waals surface area contributed by atoms with E-state index in [9.17, 15) is 13.2 Å². The molecule has 4 N–H and O–H groups in total. The molecule has 0 saturated heterocycles. The van der Waals surface area contributed by atoms with E-state index in [1.807, 2.05) is 6.92 Å². The van der Waals surface area contributed by atoms with E-state index >= 15 is 0 Å². The Balaban J connectivity index is 1.51. The molecule has 9 nitrogen and oxygen atoms in total. The molecule has 2 aromatic heterocycles. The Bertz CT molecular complexity index is 1210. The average Bonchev–Trinajstić information content (AvgIpc) is 3.35. The molecule has 1 amide bonds. The molecule has 2 heterocycles. The Hall–Kier alpha value is -2.98. The number of hydrazine groups is 1. The molecule has 0 spiro atoms. The molecule has 1 aromatic carbocycles. The average molecular weight is 443 g/mol. The Morgan fingerprint density at radius 1 is 1.23 bits per heavy atom. The highest BCUT2D eigenvalue weighted by molar-refractivity contribution is 7.90. The third-order valence-corrected chi connectivity index (χ3v) is 7.52. The van der Waals surface area contributed by atoms with Gasteiger partial charge in [0.05, 0.1) is 11.1 Å². The SMILES string of the molecule is CC[C@@H]1C[C@H](N)C[C@@H]1C(=O)NNc1cnc2c(ccn2S(=O)(=O)c2ccc(C)cc2)n1. The number of amides is 1. The fraction of sp³-hybridized carbons (Fsp3) is 0.381. The van der Waals surface area contributed by atoms with Crippen LogP contribution in [0.2, 0.25) is 0 Å². The normalized spacial score (nSPS) is 21.3. The molecule has 0 unspecified atom stereocenters. The highest BCUT2D eigenvalue weighted by Crippen LogP contribution is 2.33. The number of nitrogens with two attached hydrogens (primary N) is 1. The first-order chi connectivity index (χ1) is 14.8. The van der Waals surface area contributed by atoms with E-state index in [4.69, 9.17) is 5.73 Å². The maximum absolute atomic E-state index is 13.0. The van der Waals surface area contributed by atoms with E-state index in [0.717, 1.165) is 22.4 Å². The number of nitrogens with one attached hydrogen (secondary N) is 2. The minimum atomic E-state index is -3.79. The Morgan fingerprint density at radius 3 is 2.68 bits per heavy atom. The fourth-order valence-electron chi connectivity index (χ4n) is 4.12. The van der Waals surface area contributed by atoms with Crippen LogP contribution in [0.15, 0.2) is 47.6 Å². The fourth-order valence-corrected chi connectivity index (χ4v) is 5.42. The standard InChI is InChI=1S/C21H26N6O3S/c1-3-14-10-15(22)11-17(14)21(28)26-25-19-12-23-20-18(24-19)8-9-27(20)31(29,30)16-6-4-13(2)5-7-16/h4-9,12,14-15,17H,3,10-11,22H2,1-2H3,(H,24,25)(H,26,28)/t14-,15+,17+/m1/s1. The minimum absolute atomic E-state index is 0.0482. The molecule has 0 radical (unpaired) electrons. The van der Waals surface area contributed by atoms with Crippen molar-refractivity contribution >= 4 is 32.9 Å². The van der Waals surface area contributed by atoms with E-state index in [2.05, 4.69) is 27.7 Å². The Kier molecular flexibility index (Phi) is 5.67. The summed E-state index contributed by atoms with van der Waals surface area (Å²) in [5, 5.41) is 0. The molecule has 10 heteroatoms. The third-order valence-electron chi connectivity index (χ3n) is 5.84. The summed E-state index contributed by atoms with van der Waals surface area (Å²) in [6.07, 6.45) is 5.23. The first-order valence-electron chi connectivity index (χ1n) is 10.3. The largest absolute Gasteiger partial charge is 0.328 e. The topological polar surface area (TPSA) is 132 Å². The van der Waals surface area contributed by atoms with E-state index in [1.54, 1.807) is 30.3 Å². The van der Waals surface area contributed by atoms with Crippen LogP contribution in [0.3, 0.4) is 0 Å². The smallest absolute Gasteiger partial charge is 0.269 e. The van der Waals surface area contributed by atoms with Crippen LogP contribution in [0.25, 0.3) is 11.2 Å². The van der Waals surface area contributed by atoms with Crippen LogP contribution in [0.4, 0.5) is 5.82 Å². The van der Waals surface area contributed by atoms with Gasteiger partial charge in [-0.25, -0.2) is 22.4 Å². The number of hydrogen-bond acceptors (Lipinski definition) is 7. The predicted octanol–water partition coefficient (Wildman–Crippen LogP) is 2.18. The van der Waals surface area contributed by atoms with Crippen molar-refractivity contribution in [2.75, 3.05) is 5.43 Å².